The molecule has 0 spiro atoms. The van der Waals surface area contributed by atoms with Gasteiger partial charge < -0.3 is 4.74 Å². The summed E-state index contributed by atoms with van der Waals surface area (Å²) in [6, 6.07) is 24.7. The second-order valence-corrected chi connectivity index (χ2v) is 8.43. The first-order valence-electron chi connectivity index (χ1n) is 11.4. The minimum absolute atomic E-state index is 0.436. The summed E-state index contributed by atoms with van der Waals surface area (Å²) in [4.78, 5) is 12.2. The summed E-state index contributed by atoms with van der Waals surface area (Å²) in [5.74, 6) is 0.510. The van der Waals surface area contributed by atoms with Crippen molar-refractivity contribution in [1.82, 2.24) is 10.2 Å². The Balaban J connectivity index is 1.82. The van der Waals surface area contributed by atoms with Crippen LogP contribution in [0.2, 0.25) is 0 Å². The zero-order chi connectivity index (χ0) is 22.6. The summed E-state index contributed by atoms with van der Waals surface area (Å²) in [7, 11) is 0. The number of para-hydroxylation sites is 1. The molecule has 4 aromatic rings. The normalized spacial score (nSPS) is 14.8. The number of H-pyrrole nitrogens is 1. The number of aromatic amines is 1. The van der Waals surface area contributed by atoms with Crippen LogP contribution in [0.5, 0.6) is 5.75 Å². The van der Waals surface area contributed by atoms with Gasteiger partial charge in [-0.2, -0.15) is 5.10 Å². The molecular formula is C29H26N2O2. The summed E-state index contributed by atoms with van der Waals surface area (Å²) in [6.45, 7) is 3.57. The van der Waals surface area contributed by atoms with Crippen molar-refractivity contribution in [2.45, 2.75) is 25.7 Å². The molecule has 1 N–H and O–H groups in total. The first kappa shape index (κ1) is 21.0. The highest BCUT2D eigenvalue weighted by Crippen LogP contribution is 2.45. The molecule has 4 nitrogen and oxygen atoms in total. The molecule has 1 aromatic heterocycles. The van der Waals surface area contributed by atoms with Gasteiger partial charge in [0.2, 0.25) is 0 Å². The van der Waals surface area contributed by atoms with Crippen LogP contribution in [0.4, 0.5) is 0 Å². The van der Waals surface area contributed by atoms with E-state index >= 15 is 0 Å². The van der Waals surface area contributed by atoms with Crippen molar-refractivity contribution in [3.63, 3.8) is 0 Å². The number of hydrogen-bond donors (Lipinski definition) is 1. The molecular weight excluding hydrogens is 408 g/mol. The van der Waals surface area contributed by atoms with Gasteiger partial charge in [-0.15, -0.1) is 0 Å². The van der Waals surface area contributed by atoms with E-state index in [0.717, 1.165) is 40.4 Å². The van der Waals surface area contributed by atoms with Crippen LogP contribution in [-0.2, 0) is 4.79 Å². The van der Waals surface area contributed by atoms with Gasteiger partial charge in [-0.1, -0.05) is 74.0 Å². The first-order valence-corrected chi connectivity index (χ1v) is 11.4. The predicted molar refractivity (Wildman–Crippen MR) is 133 cm³/mol. The highest BCUT2D eigenvalue weighted by Gasteiger charge is 2.27. The lowest BCUT2D eigenvalue weighted by atomic mass is 9.81. The Bertz CT molecular complexity index is 1330. The standard InChI is InChI=1S/C29H26N2O2/c1-2-27(32)33-26-15-9-8-14-24(26)29(22-16-17-25-23(18-22)19-30-31-25)28(21-12-6-7-13-21)20-10-4-3-5-11-20/h2-5,8-11,14-19,21H,1,6-7,12-13H2,(H,30,31)/b29-28-. The first-order chi connectivity index (χ1) is 16.2. The SMILES string of the molecule is C=CC(=O)Oc1ccccc1/C(=C(/c1ccccc1)C1CCCC1)c1ccc2[nH]ncc2c1. The molecule has 1 saturated carbocycles. The third kappa shape index (κ3) is 4.24. The molecule has 0 amide bonds. The molecule has 0 radical (unpaired) electrons. The fourth-order valence-corrected chi connectivity index (χ4v) is 4.88. The van der Waals surface area contributed by atoms with E-state index in [9.17, 15) is 4.79 Å². The van der Waals surface area contributed by atoms with Crippen LogP contribution < -0.4 is 4.74 Å². The second kappa shape index (κ2) is 9.29. The Morgan fingerprint density at radius 2 is 1.73 bits per heavy atom. The van der Waals surface area contributed by atoms with Crippen LogP contribution in [0.25, 0.3) is 22.0 Å². The van der Waals surface area contributed by atoms with Crippen LogP contribution in [-0.4, -0.2) is 16.2 Å². The number of carbonyl (C=O) groups is 1. The number of benzene rings is 3. The third-order valence-corrected chi connectivity index (χ3v) is 6.38. The number of hydrogen-bond acceptors (Lipinski definition) is 3. The molecule has 5 rings (SSSR count). The Morgan fingerprint density at radius 3 is 2.52 bits per heavy atom. The quantitative estimate of drug-likeness (QED) is 0.157. The van der Waals surface area contributed by atoms with Crippen LogP contribution in [0.3, 0.4) is 0 Å². The summed E-state index contributed by atoms with van der Waals surface area (Å²) < 4.78 is 5.71. The molecule has 33 heavy (non-hydrogen) atoms. The van der Waals surface area contributed by atoms with Crippen molar-refractivity contribution >= 4 is 28.0 Å². The lowest BCUT2D eigenvalue weighted by Crippen LogP contribution is -2.08. The second-order valence-electron chi connectivity index (χ2n) is 8.43. The van der Waals surface area contributed by atoms with Gasteiger partial charge in [-0.3, -0.25) is 5.10 Å². The van der Waals surface area contributed by atoms with Crippen molar-refractivity contribution in [3.05, 3.63) is 108 Å². The van der Waals surface area contributed by atoms with Crippen LogP contribution in [0, 0.1) is 5.92 Å². The number of aromatic nitrogens is 2. The minimum Gasteiger partial charge on any atom is -0.423 e. The van der Waals surface area contributed by atoms with E-state index in [1.54, 1.807) is 0 Å². The van der Waals surface area contributed by atoms with E-state index in [-0.39, 0.29) is 0 Å². The lowest BCUT2D eigenvalue weighted by molar-refractivity contribution is -0.128. The summed E-state index contributed by atoms with van der Waals surface area (Å²) >= 11 is 0. The number of nitrogens with one attached hydrogen (secondary N) is 1. The van der Waals surface area contributed by atoms with Crippen molar-refractivity contribution in [2.24, 2.45) is 5.92 Å². The molecule has 1 aliphatic rings. The average molecular weight is 435 g/mol. The number of fused-ring (bicyclic) bond motifs is 1. The van der Waals surface area contributed by atoms with E-state index in [1.165, 1.54) is 30.1 Å². The summed E-state index contributed by atoms with van der Waals surface area (Å²) in [5, 5.41) is 8.29. The van der Waals surface area contributed by atoms with E-state index < -0.39 is 5.97 Å². The maximum Gasteiger partial charge on any atom is 0.335 e. The molecule has 164 valence electrons. The van der Waals surface area contributed by atoms with Crippen molar-refractivity contribution in [1.29, 1.82) is 0 Å². The van der Waals surface area contributed by atoms with Crippen molar-refractivity contribution in [2.75, 3.05) is 0 Å². The van der Waals surface area contributed by atoms with Gasteiger partial charge in [0.25, 0.3) is 0 Å². The zero-order valence-corrected chi connectivity index (χ0v) is 18.5. The van der Waals surface area contributed by atoms with Gasteiger partial charge in [-0.25, -0.2) is 4.79 Å². The van der Waals surface area contributed by atoms with Gasteiger partial charge in [0.15, 0.2) is 0 Å². The monoisotopic (exact) mass is 434 g/mol. The number of nitrogens with zero attached hydrogens (tertiary/aromatic N) is 1. The molecule has 1 aliphatic carbocycles. The Morgan fingerprint density at radius 1 is 0.970 bits per heavy atom. The predicted octanol–water partition coefficient (Wildman–Crippen LogP) is 6.80. The Hall–Kier alpha value is -3.92. The van der Waals surface area contributed by atoms with Gasteiger partial charge in [-0.05, 0) is 59.2 Å². The largest absolute Gasteiger partial charge is 0.423 e. The maximum atomic E-state index is 12.2. The van der Waals surface area contributed by atoms with Crippen LogP contribution in [0.15, 0.2) is 91.6 Å². The van der Waals surface area contributed by atoms with Crippen molar-refractivity contribution < 1.29 is 9.53 Å². The van der Waals surface area contributed by atoms with Crippen molar-refractivity contribution in [3.8, 4) is 5.75 Å². The van der Waals surface area contributed by atoms with E-state index in [1.807, 2.05) is 36.5 Å². The number of rotatable bonds is 6. The third-order valence-electron chi connectivity index (χ3n) is 6.38. The highest BCUT2D eigenvalue weighted by molar-refractivity contribution is 6.02. The highest BCUT2D eigenvalue weighted by atomic mass is 16.5. The fraction of sp³-hybridized carbons (Fsp3) is 0.172. The molecule has 1 fully saturated rings. The fourth-order valence-electron chi connectivity index (χ4n) is 4.88. The molecule has 4 heteroatoms. The van der Waals surface area contributed by atoms with E-state index in [2.05, 4.69) is 59.2 Å². The van der Waals surface area contributed by atoms with Gasteiger partial charge in [0.05, 0.1) is 11.7 Å². The number of esters is 1. The number of ether oxygens (including phenoxy) is 1. The smallest absolute Gasteiger partial charge is 0.335 e. The van der Waals surface area contributed by atoms with Gasteiger partial charge in [0.1, 0.15) is 5.75 Å². The number of allylic oxidation sites excluding steroid dienone is 1. The molecule has 1 heterocycles. The van der Waals surface area contributed by atoms with Gasteiger partial charge >= 0.3 is 5.97 Å². The Labute approximate surface area is 193 Å². The molecule has 0 unspecified atom stereocenters. The lowest BCUT2D eigenvalue weighted by Gasteiger charge is -2.23. The maximum absolute atomic E-state index is 12.2. The summed E-state index contributed by atoms with van der Waals surface area (Å²) in [5.41, 5.74) is 6.59. The van der Waals surface area contributed by atoms with Crippen LogP contribution in [0.1, 0.15) is 42.4 Å². The topological polar surface area (TPSA) is 55.0 Å². The molecule has 0 aliphatic heterocycles. The molecule has 0 saturated heterocycles. The van der Waals surface area contributed by atoms with E-state index in [0.29, 0.717) is 11.7 Å². The minimum atomic E-state index is -0.464. The van der Waals surface area contributed by atoms with Gasteiger partial charge in [0, 0.05) is 17.0 Å². The van der Waals surface area contributed by atoms with E-state index in [4.69, 9.17) is 4.74 Å². The molecule has 0 bridgehead atoms. The Kier molecular flexibility index (Phi) is 5.90. The number of carbonyl (C=O) groups excluding carboxylic acids is 1. The molecule has 0 atom stereocenters. The average Bonchev–Trinajstić information content (AvgIpc) is 3.55. The molecule has 3 aromatic carbocycles. The zero-order valence-electron chi connectivity index (χ0n) is 18.5. The summed E-state index contributed by atoms with van der Waals surface area (Å²) in [6.07, 6.45) is 7.79. The van der Waals surface area contributed by atoms with Crippen LogP contribution >= 0.6 is 0 Å².